The molecule has 2 aromatic heterocycles. The number of alkyl halides is 6. The Morgan fingerprint density at radius 1 is 0.918 bits per heavy atom. The Kier molecular flexibility index (Phi) is 20.6. The fraction of sp³-hybridized carbons (Fsp3) is 0.500. The van der Waals surface area contributed by atoms with Crippen LogP contribution in [0.15, 0.2) is 67.0 Å². The number of hydrogen-bond donors (Lipinski definition) is 4. The number of rotatable bonds is 23. The maximum atomic E-state index is 15.3. The number of carbonyl (C=O) groups is 7. The third-order valence-electron chi connectivity index (χ3n) is 15.4. The molecular formula is C58H68F6N12O9. The molecule has 0 spiro atoms. The lowest BCUT2D eigenvalue weighted by molar-refractivity contribution is -0.960. The van der Waals surface area contributed by atoms with E-state index in [0.717, 1.165) is 28.9 Å². The second-order valence-corrected chi connectivity index (χ2v) is 22.6. The minimum absolute atomic E-state index is 0.0281. The van der Waals surface area contributed by atoms with Gasteiger partial charge in [-0.3, -0.25) is 38.6 Å². The van der Waals surface area contributed by atoms with Crippen molar-refractivity contribution in [3.8, 4) is 6.07 Å². The summed E-state index contributed by atoms with van der Waals surface area (Å²) in [4.78, 5) is 93.7. The normalized spacial score (nSPS) is 18.9. The first-order valence-corrected chi connectivity index (χ1v) is 27.9. The quantitative estimate of drug-likeness (QED) is 0.0307. The number of hydrogen-bond acceptors (Lipinski definition) is 14. The number of carboxylic acid groups (broad SMARTS) is 1. The summed E-state index contributed by atoms with van der Waals surface area (Å²) >= 11 is 0. The van der Waals surface area contributed by atoms with Gasteiger partial charge in [-0.25, -0.2) is 4.98 Å². The highest BCUT2D eigenvalue weighted by molar-refractivity contribution is 6.13. The second-order valence-electron chi connectivity index (χ2n) is 22.6. The molecule has 4 aliphatic rings. The van der Waals surface area contributed by atoms with Gasteiger partial charge in [0.05, 0.1) is 50.9 Å². The lowest BCUT2D eigenvalue weighted by Gasteiger charge is -2.44. The zero-order valence-corrected chi connectivity index (χ0v) is 47.7. The van der Waals surface area contributed by atoms with Crippen molar-refractivity contribution >= 4 is 58.7 Å². The number of piperidine rings is 1. The number of amides is 6. The molecule has 4 aromatic rings. The predicted octanol–water partition coefficient (Wildman–Crippen LogP) is 5.54. The number of likely N-dealkylation sites (tertiary alicyclic amines) is 1. The van der Waals surface area contributed by atoms with E-state index < -0.39 is 59.1 Å². The van der Waals surface area contributed by atoms with Crippen LogP contribution in [0, 0.1) is 23.2 Å². The molecule has 0 radical (unpaired) electrons. The summed E-state index contributed by atoms with van der Waals surface area (Å²) in [5.74, 6) is -4.42. The number of ether oxygens (including phenoxy) is 1. The van der Waals surface area contributed by atoms with E-state index in [9.17, 15) is 47.2 Å². The molecule has 6 heterocycles. The molecule has 4 N–H and O–H groups in total. The summed E-state index contributed by atoms with van der Waals surface area (Å²) < 4.78 is 85.3. The van der Waals surface area contributed by atoms with Crippen LogP contribution in [0.25, 0.3) is 0 Å². The lowest BCUT2D eigenvalue weighted by atomic mass is 9.75. The zero-order chi connectivity index (χ0) is 62.0. The summed E-state index contributed by atoms with van der Waals surface area (Å²) in [5, 5.41) is 37.8. The molecule has 21 nitrogen and oxygen atoms in total. The molecule has 1 unspecified atom stereocenters. The van der Waals surface area contributed by atoms with Gasteiger partial charge >= 0.3 is 12.4 Å². The topological polar surface area (TPSA) is 274 Å². The van der Waals surface area contributed by atoms with Crippen LogP contribution < -0.4 is 31.3 Å². The van der Waals surface area contributed by atoms with Crippen LogP contribution in [0.4, 0.5) is 43.7 Å². The Hall–Kier alpha value is -8.25. The maximum Gasteiger partial charge on any atom is 0.430 e. The van der Waals surface area contributed by atoms with E-state index in [0.29, 0.717) is 85.9 Å². The van der Waals surface area contributed by atoms with Crippen molar-refractivity contribution in [2.45, 2.75) is 129 Å². The number of pyridine rings is 1. The fourth-order valence-electron chi connectivity index (χ4n) is 11.0. The standard InChI is InChI=1S/C56H67F3N12O7.C2HF3O2/c1-35(2)51(66-48(72)12-7-6-8-21-69-49(73)17-18-50(69)74)53(76)63-37(4)52(75)64-41-15-13-38(14-16-41)30-71(22-9-11-36(3)29-71)31-39-23-42-43(44(24-39)56(57,58)59)28-70(54(42)77)46-26-40(25-45(65-46)61-20-10-19-60)55(32-78-33-55)27-47-67-62-34-68(47)5;3-2(4,5)1(6)7/h13-18,23-26,34-37,51H,6-12,20-22,27-33H2,1-5H3,(H3-,61,63,64,65,66,72,75,76);(H,6,7)/t36-,37-,51-,71?;/m0./s1. The Balaban J connectivity index is 0.00000139. The molecular weight excluding hydrogens is 1120 g/mol. The molecule has 0 saturated carbocycles. The van der Waals surface area contributed by atoms with Gasteiger partial charge in [-0.15, -0.1) is 10.2 Å². The van der Waals surface area contributed by atoms with E-state index in [2.05, 4.69) is 44.5 Å². The summed E-state index contributed by atoms with van der Waals surface area (Å²) in [5.41, 5.74) is 0.919. The first-order valence-electron chi connectivity index (χ1n) is 27.9. The summed E-state index contributed by atoms with van der Waals surface area (Å²) in [6.45, 7) is 10.2. The molecule has 2 aromatic carbocycles. The van der Waals surface area contributed by atoms with E-state index in [-0.39, 0.29) is 85.5 Å². The van der Waals surface area contributed by atoms with E-state index in [1.165, 1.54) is 23.1 Å². The van der Waals surface area contributed by atoms with Crippen LogP contribution in [0.3, 0.4) is 0 Å². The first-order chi connectivity index (χ1) is 40.1. The third kappa shape index (κ3) is 16.3. The predicted molar refractivity (Wildman–Crippen MR) is 293 cm³/mol. The minimum atomic E-state index is -5.19. The highest BCUT2D eigenvalue weighted by atomic mass is 19.4. The zero-order valence-electron chi connectivity index (χ0n) is 47.7. The Labute approximate surface area is 486 Å². The number of nitrogens with zero attached hydrogens (tertiary/aromatic N) is 8. The highest BCUT2D eigenvalue weighted by Gasteiger charge is 2.45. The molecule has 0 bridgehead atoms. The fourth-order valence-corrected chi connectivity index (χ4v) is 11.0. The smallest absolute Gasteiger partial charge is 0.430 e. The number of aromatic nitrogens is 4. The van der Waals surface area contributed by atoms with Gasteiger partial charge in [0.25, 0.3) is 17.7 Å². The SMILES string of the molecule is CC(C)[C@H](NC(=O)CCCCCN1C(=O)C=CC1=O)C(=O)N[C@@H](C)C(=O)Nc1ccc(C[N+]2(Cc3cc4c(c(C(F)(F)F)c3)CN(c3cc(C5(Cc6nncn6C)COC5)cc(NCCC#N)n3)C4=O)CCC[C@H](C)C2)cc1.O=C([O-])C(F)(F)F. The van der Waals surface area contributed by atoms with Crippen molar-refractivity contribution in [3.05, 3.63) is 106 Å². The first kappa shape index (κ1) is 64.3. The van der Waals surface area contributed by atoms with Gasteiger partial charge in [0.2, 0.25) is 17.7 Å². The summed E-state index contributed by atoms with van der Waals surface area (Å²) in [6.07, 6.45) is -1.69. The molecule has 85 heavy (non-hydrogen) atoms. The maximum absolute atomic E-state index is 15.3. The molecule has 6 amide bonds. The van der Waals surface area contributed by atoms with Gasteiger partial charge in [0.15, 0.2) is 0 Å². The number of nitrogens with one attached hydrogen (secondary N) is 4. The number of benzene rings is 2. The largest absolute Gasteiger partial charge is 0.542 e. The van der Waals surface area contributed by atoms with Gasteiger partial charge in [-0.05, 0) is 86.1 Å². The van der Waals surface area contributed by atoms with Crippen LogP contribution in [-0.4, -0.2) is 128 Å². The van der Waals surface area contributed by atoms with Crippen molar-refractivity contribution in [3.63, 3.8) is 0 Å². The number of carbonyl (C=O) groups excluding carboxylic acids is 7. The number of nitriles is 1. The van der Waals surface area contributed by atoms with Crippen LogP contribution in [-0.2, 0) is 78.2 Å². The number of unbranched alkanes of at least 4 members (excludes halogenated alkanes) is 2. The van der Waals surface area contributed by atoms with Gasteiger partial charge in [-0.2, -0.15) is 31.6 Å². The van der Waals surface area contributed by atoms with Crippen molar-refractivity contribution in [1.82, 2.24) is 35.3 Å². The molecule has 4 atom stereocenters. The van der Waals surface area contributed by atoms with Crippen molar-refractivity contribution < 1.29 is 74.2 Å². The number of anilines is 3. The molecule has 0 aliphatic carbocycles. The highest BCUT2D eigenvalue weighted by Crippen LogP contribution is 2.43. The number of halogens is 6. The molecule has 2 saturated heterocycles. The Bertz CT molecular complexity index is 3190. The van der Waals surface area contributed by atoms with Gasteiger partial charge in [0.1, 0.15) is 54.9 Å². The number of fused-ring (bicyclic) bond motifs is 1. The van der Waals surface area contributed by atoms with Crippen molar-refractivity contribution in [1.29, 1.82) is 5.26 Å². The molecule has 456 valence electrons. The van der Waals surface area contributed by atoms with E-state index in [1.807, 2.05) is 29.8 Å². The number of imide groups is 1. The van der Waals surface area contributed by atoms with E-state index in [1.54, 1.807) is 51.4 Å². The molecule has 8 rings (SSSR count). The molecule has 2 fully saturated rings. The van der Waals surface area contributed by atoms with E-state index >= 15 is 13.2 Å². The summed E-state index contributed by atoms with van der Waals surface area (Å²) in [6, 6.07) is 13.8. The molecule has 27 heteroatoms. The number of quaternary nitrogens is 1. The van der Waals surface area contributed by atoms with E-state index in [4.69, 9.17) is 19.6 Å². The Morgan fingerprint density at radius 3 is 2.19 bits per heavy atom. The van der Waals surface area contributed by atoms with Gasteiger partial charge in [-0.1, -0.05) is 39.3 Å². The van der Waals surface area contributed by atoms with Crippen LogP contribution >= 0.6 is 0 Å². The monoisotopic (exact) mass is 1190 g/mol. The molecule has 4 aliphatic heterocycles. The minimum Gasteiger partial charge on any atom is -0.542 e. The average molecular weight is 1190 g/mol. The average Bonchev–Trinajstić information content (AvgIpc) is 2.46. The van der Waals surface area contributed by atoms with Gasteiger partial charge < -0.3 is 45.0 Å². The van der Waals surface area contributed by atoms with Crippen LogP contribution in [0.5, 0.6) is 0 Å². The van der Waals surface area contributed by atoms with Gasteiger partial charge in [0, 0.05) is 78.8 Å². The van der Waals surface area contributed by atoms with Crippen LogP contribution in [0.2, 0.25) is 0 Å². The number of carboxylic acids is 1. The number of aryl methyl sites for hydroxylation is 1. The number of aliphatic carboxylic acids is 1. The van der Waals surface area contributed by atoms with Crippen molar-refractivity contribution in [2.75, 3.05) is 54.9 Å². The van der Waals surface area contributed by atoms with Crippen molar-refractivity contribution in [2.24, 2.45) is 18.9 Å². The Morgan fingerprint density at radius 2 is 1.60 bits per heavy atom. The second kappa shape index (κ2) is 27.2. The third-order valence-corrected chi connectivity index (χ3v) is 15.4. The van der Waals surface area contributed by atoms with Crippen LogP contribution in [0.1, 0.15) is 117 Å². The lowest BCUT2D eigenvalue weighted by Crippen LogP contribution is -2.53. The summed E-state index contributed by atoms with van der Waals surface area (Å²) in [7, 11) is 1.84.